The Morgan fingerprint density at radius 3 is 3.00 bits per heavy atom. The van der Waals surface area contributed by atoms with Gasteiger partial charge in [-0.25, -0.2) is 4.39 Å². The van der Waals surface area contributed by atoms with Crippen LogP contribution in [-0.4, -0.2) is 41.4 Å². The van der Waals surface area contributed by atoms with Gasteiger partial charge in [0.15, 0.2) is 0 Å². The summed E-state index contributed by atoms with van der Waals surface area (Å²) in [5, 5.41) is 24.9. The second-order valence-corrected chi connectivity index (χ2v) is 4.50. The van der Waals surface area contributed by atoms with E-state index < -0.39 is 17.3 Å². The number of aromatic hydroxyl groups is 1. The van der Waals surface area contributed by atoms with Crippen molar-refractivity contribution in [3.63, 3.8) is 0 Å². The Labute approximate surface area is 104 Å². The first-order chi connectivity index (χ1) is 8.50. The van der Waals surface area contributed by atoms with E-state index in [1.165, 1.54) is 0 Å². The van der Waals surface area contributed by atoms with Gasteiger partial charge in [0.25, 0.3) is 5.91 Å². The maximum absolute atomic E-state index is 13.0. The van der Waals surface area contributed by atoms with Crippen molar-refractivity contribution in [2.45, 2.75) is 12.0 Å². The Bertz CT molecular complexity index is 459. The largest absolute Gasteiger partial charge is 0.507 e. The number of hydrogen-bond acceptors (Lipinski definition) is 4. The second kappa shape index (κ2) is 4.91. The summed E-state index contributed by atoms with van der Waals surface area (Å²) < 4.78 is 13.0. The van der Waals surface area contributed by atoms with E-state index in [4.69, 9.17) is 0 Å². The number of amides is 1. The zero-order chi connectivity index (χ0) is 13.2. The molecule has 1 saturated heterocycles. The standard InChI is InChI=1S/C12H15FN2O3/c13-8-1-2-10(16)9(5-8)11(17)15-7-12(18)3-4-14-6-12/h1-2,5,14,16,18H,3-4,6-7H2,(H,15,17). The molecule has 2 rings (SSSR count). The molecule has 1 atom stereocenters. The fraction of sp³-hybridized carbons (Fsp3) is 0.417. The summed E-state index contributed by atoms with van der Waals surface area (Å²) in [5.41, 5.74) is -1.11. The summed E-state index contributed by atoms with van der Waals surface area (Å²) in [6.45, 7) is 1.16. The minimum atomic E-state index is -0.974. The van der Waals surface area contributed by atoms with Crippen molar-refractivity contribution in [1.29, 1.82) is 0 Å². The van der Waals surface area contributed by atoms with Crippen LogP contribution in [0.15, 0.2) is 18.2 Å². The molecule has 1 unspecified atom stereocenters. The maximum Gasteiger partial charge on any atom is 0.255 e. The first-order valence-electron chi connectivity index (χ1n) is 5.70. The molecule has 18 heavy (non-hydrogen) atoms. The molecule has 0 saturated carbocycles. The van der Waals surface area contributed by atoms with E-state index in [-0.39, 0.29) is 17.9 Å². The molecule has 0 aromatic heterocycles. The zero-order valence-electron chi connectivity index (χ0n) is 9.74. The van der Waals surface area contributed by atoms with Gasteiger partial charge in [0.1, 0.15) is 11.6 Å². The van der Waals surface area contributed by atoms with E-state index in [1.807, 2.05) is 0 Å². The van der Waals surface area contributed by atoms with Gasteiger partial charge in [-0.05, 0) is 31.2 Å². The van der Waals surface area contributed by atoms with Crippen molar-refractivity contribution in [1.82, 2.24) is 10.6 Å². The fourth-order valence-corrected chi connectivity index (χ4v) is 1.91. The summed E-state index contributed by atoms with van der Waals surface area (Å²) in [6, 6.07) is 3.15. The van der Waals surface area contributed by atoms with Crippen LogP contribution in [0.3, 0.4) is 0 Å². The number of carbonyl (C=O) groups excluding carboxylic acids is 1. The third-order valence-corrected chi connectivity index (χ3v) is 3.00. The predicted octanol–water partition coefficient (Wildman–Crippen LogP) is -0.0145. The summed E-state index contributed by atoms with van der Waals surface area (Å²) in [6.07, 6.45) is 0.544. The minimum Gasteiger partial charge on any atom is -0.507 e. The lowest BCUT2D eigenvalue weighted by atomic mass is 10.0. The SMILES string of the molecule is O=C(NCC1(O)CCNC1)c1cc(F)ccc1O. The van der Waals surface area contributed by atoms with Crippen LogP contribution in [0.5, 0.6) is 5.75 Å². The van der Waals surface area contributed by atoms with Gasteiger partial charge in [-0.1, -0.05) is 0 Å². The highest BCUT2D eigenvalue weighted by Crippen LogP contribution is 2.18. The van der Waals surface area contributed by atoms with Gasteiger partial charge in [0, 0.05) is 13.1 Å². The molecule has 98 valence electrons. The Morgan fingerprint density at radius 2 is 2.33 bits per heavy atom. The highest BCUT2D eigenvalue weighted by molar-refractivity contribution is 5.96. The summed E-state index contributed by atoms with van der Waals surface area (Å²) in [7, 11) is 0. The van der Waals surface area contributed by atoms with Crippen molar-refractivity contribution in [2.24, 2.45) is 0 Å². The average Bonchev–Trinajstić information content (AvgIpc) is 2.77. The number of hydrogen-bond donors (Lipinski definition) is 4. The smallest absolute Gasteiger partial charge is 0.255 e. The van der Waals surface area contributed by atoms with E-state index in [0.717, 1.165) is 18.2 Å². The number of rotatable bonds is 3. The molecule has 1 heterocycles. The van der Waals surface area contributed by atoms with Crippen LogP contribution in [0.4, 0.5) is 4.39 Å². The van der Waals surface area contributed by atoms with E-state index in [0.29, 0.717) is 19.5 Å². The molecule has 0 radical (unpaired) electrons. The van der Waals surface area contributed by atoms with Gasteiger partial charge in [0.2, 0.25) is 0 Å². The molecule has 6 heteroatoms. The van der Waals surface area contributed by atoms with E-state index in [2.05, 4.69) is 10.6 Å². The Kier molecular flexibility index (Phi) is 3.49. The zero-order valence-corrected chi connectivity index (χ0v) is 9.74. The molecule has 1 fully saturated rings. The van der Waals surface area contributed by atoms with Gasteiger partial charge in [0.05, 0.1) is 11.2 Å². The van der Waals surface area contributed by atoms with Crippen LogP contribution >= 0.6 is 0 Å². The van der Waals surface area contributed by atoms with Crippen LogP contribution < -0.4 is 10.6 Å². The van der Waals surface area contributed by atoms with E-state index >= 15 is 0 Å². The first kappa shape index (κ1) is 12.8. The Hall–Kier alpha value is -1.66. The lowest BCUT2D eigenvalue weighted by Gasteiger charge is -2.21. The van der Waals surface area contributed by atoms with Crippen LogP contribution in [0, 0.1) is 5.82 Å². The summed E-state index contributed by atoms with van der Waals surface area (Å²) in [4.78, 5) is 11.7. The van der Waals surface area contributed by atoms with Crippen LogP contribution in [0.2, 0.25) is 0 Å². The minimum absolute atomic E-state index is 0.0643. The molecule has 1 aliphatic rings. The lowest BCUT2D eigenvalue weighted by molar-refractivity contribution is 0.0561. The topological polar surface area (TPSA) is 81.6 Å². The third kappa shape index (κ3) is 2.77. The number of aliphatic hydroxyl groups is 1. The molecule has 5 nitrogen and oxygen atoms in total. The van der Waals surface area contributed by atoms with Gasteiger partial charge in [-0.3, -0.25) is 4.79 Å². The van der Waals surface area contributed by atoms with Crippen LogP contribution in [0.1, 0.15) is 16.8 Å². The molecular weight excluding hydrogens is 239 g/mol. The van der Waals surface area contributed by atoms with Gasteiger partial charge < -0.3 is 20.8 Å². The Balaban J connectivity index is 2.01. The number of β-amino-alcohol motifs (C(OH)–C–C–N with tert-alkyl or cyclic N) is 1. The quantitative estimate of drug-likeness (QED) is 0.611. The number of phenols is 1. The van der Waals surface area contributed by atoms with Crippen molar-refractivity contribution in [3.8, 4) is 5.75 Å². The number of carbonyl (C=O) groups is 1. The number of halogens is 1. The highest BCUT2D eigenvalue weighted by Gasteiger charge is 2.31. The van der Waals surface area contributed by atoms with Gasteiger partial charge in [-0.15, -0.1) is 0 Å². The van der Waals surface area contributed by atoms with E-state index in [9.17, 15) is 19.4 Å². The molecule has 1 amide bonds. The first-order valence-corrected chi connectivity index (χ1v) is 5.70. The molecule has 0 spiro atoms. The van der Waals surface area contributed by atoms with Crippen molar-refractivity contribution < 1.29 is 19.4 Å². The fourth-order valence-electron chi connectivity index (χ4n) is 1.91. The lowest BCUT2D eigenvalue weighted by Crippen LogP contribution is -2.44. The molecule has 1 aliphatic heterocycles. The van der Waals surface area contributed by atoms with Crippen molar-refractivity contribution in [2.75, 3.05) is 19.6 Å². The summed E-state index contributed by atoms with van der Waals surface area (Å²) >= 11 is 0. The van der Waals surface area contributed by atoms with Crippen molar-refractivity contribution in [3.05, 3.63) is 29.6 Å². The predicted molar refractivity (Wildman–Crippen MR) is 62.8 cm³/mol. The number of phenolic OH excluding ortho intramolecular Hbond substituents is 1. The van der Waals surface area contributed by atoms with E-state index in [1.54, 1.807) is 0 Å². The number of nitrogens with one attached hydrogen (secondary N) is 2. The van der Waals surface area contributed by atoms with Crippen LogP contribution in [-0.2, 0) is 0 Å². The van der Waals surface area contributed by atoms with Gasteiger partial charge in [-0.2, -0.15) is 0 Å². The molecule has 1 aromatic rings. The molecular formula is C12H15FN2O3. The summed E-state index contributed by atoms with van der Waals surface area (Å²) in [5.74, 6) is -1.49. The maximum atomic E-state index is 13.0. The number of benzene rings is 1. The third-order valence-electron chi connectivity index (χ3n) is 3.00. The van der Waals surface area contributed by atoms with Crippen molar-refractivity contribution >= 4 is 5.91 Å². The molecule has 4 N–H and O–H groups in total. The average molecular weight is 254 g/mol. The molecule has 1 aromatic carbocycles. The Morgan fingerprint density at radius 1 is 1.56 bits per heavy atom. The van der Waals surface area contributed by atoms with Crippen LogP contribution in [0.25, 0.3) is 0 Å². The molecule has 0 bridgehead atoms. The normalized spacial score (nSPS) is 23.0. The molecule has 0 aliphatic carbocycles. The highest BCUT2D eigenvalue weighted by atomic mass is 19.1. The second-order valence-electron chi connectivity index (χ2n) is 4.50. The van der Waals surface area contributed by atoms with Gasteiger partial charge >= 0.3 is 0 Å². The monoisotopic (exact) mass is 254 g/mol.